The summed E-state index contributed by atoms with van der Waals surface area (Å²) in [6.45, 7) is 1.96. The van der Waals surface area contributed by atoms with Gasteiger partial charge in [0.1, 0.15) is 12.7 Å². The van der Waals surface area contributed by atoms with Gasteiger partial charge in [-0.15, -0.1) is 0 Å². The van der Waals surface area contributed by atoms with Crippen LogP contribution in [0.4, 0.5) is 5.69 Å². The first kappa shape index (κ1) is 9.21. The molecule has 0 atom stereocenters. The third-order valence-electron chi connectivity index (χ3n) is 2.00. The van der Waals surface area contributed by atoms with Crippen molar-refractivity contribution in [3.8, 4) is 5.69 Å². The van der Waals surface area contributed by atoms with Crippen LogP contribution >= 0.6 is 15.9 Å². The van der Waals surface area contributed by atoms with Gasteiger partial charge in [0, 0.05) is 10.2 Å². The molecule has 14 heavy (non-hydrogen) atoms. The zero-order valence-corrected chi connectivity index (χ0v) is 9.19. The fraction of sp³-hybridized carbons (Fsp3) is 0.111. The second kappa shape index (κ2) is 3.42. The standard InChI is InChI=1S/C9H9BrN4/c1-6-2-9(7(10)3-8(6)11)14-5-12-4-13-14/h2-5H,11H2,1H3. The Kier molecular flexibility index (Phi) is 2.25. The van der Waals surface area contributed by atoms with E-state index < -0.39 is 0 Å². The van der Waals surface area contributed by atoms with Crippen LogP contribution in [0.25, 0.3) is 5.69 Å². The van der Waals surface area contributed by atoms with Crippen molar-refractivity contribution in [1.29, 1.82) is 0 Å². The predicted octanol–water partition coefficient (Wildman–Crippen LogP) is 1.92. The highest BCUT2D eigenvalue weighted by molar-refractivity contribution is 9.10. The number of nitrogens with zero attached hydrogens (tertiary/aromatic N) is 3. The zero-order valence-electron chi connectivity index (χ0n) is 7.61. The lowest BCUT2D eigenvalue weighted by molar-refractivity contribution is 0.873. The predicted molar refractivity (Wildman–Crippen MR) is 58.2 cm³/mol. The van der Waals surface area contributed by atoms with Gasteiger partial charge >= 0.3 is 0 Å². The highest BCUT2D eigenvalue weighted by Crippen LogP contribution is 2.25. The summed E-state index contributed by atoms with van der Waals surface area (Å²) in [5.74, 6) is 0. The molecule has 5 heteroatoms. The van der Waals surface area contributed by atoms with Crippen LogP contribution in [0.15, 0.2) is 29.3 Å². The summed E-state index contributed by atoms with van der Waals surface area (Å²) < 4.78 is 2.60. The molecule has 0 spiro atoms. The lowest BCUT2D eigenvalue weighted by Gasteiger charge is -2.07. The summed E-state index contributed by atoms with van der Waals surface area (Å²) in [6, 6.07) is 3.83. The number of hydrogen-bond acceptors (Lipinski definition) is 3. The monoisotopic (exact) mass is 252 g/mol. The lowest BCUT2D eigenvalue weighted by Crippen LogP contribution is -1.98. The van der Waals surface area contributed by atoms with Crippen LogP contribution in [-0.4, -0.2) is 14.8 Å². The fourth-order valence-electron chi connectivity index (χ4n) is 1.19. The second-order valence-corrected chi connectivity index (χ2v) is 3.85. The molecule has 0 aliphatic heterocycles. The molecule has 1 aromatic heterocycles. The van der Waals surface area contributed by atoms with Crippen molar-refractivity contribution in [2.24, 2.45) is 0 Å². The van der Waals surface area contributed by atoms with Crippen LogP contribution in [0.2, 0.25) is 0 Å². The average Bonchev–Trinajstić information content (AvgIpc) is 2.64. The minimum Gasteiger partial charge on any atom is -0.398 e. The molecular formula is C9H9BrN4. The number of nitrogen functional groups attached to an aromatic ring is 1. The largest absolute Gasteiger partial charge is 0.398 e. The van der Waals surface area contributed by atoms with Crippen LogP contribution in [-0.2, 0) is 0 Å². The number of anilines is 1. The van der Waals surface area contributed by atoms with E-state index in [4.69, 9.17) is 5.73 Å². The smallest absolute Gasteiger partial charge is 0.138 e. The SMILES string of the molecule is Cc1cc(-n2cncn2)c(Br)cc1N. The summed E-state index contributed by atoms with van der Waals surface area (Å²) in [6.07, 6.45) is 3.15. The number of nitrogens with two attached hydrogens (primary N) is 1. The van der Waals surface area contributed by atoms with E-state index in [-0.39, 0.29) is 0 Å². The zero-order chi connectivity index (χ0) is 10.1. The molecule has 0 aliphatic carbocycles. The van der Waals surface area contributed by atoms with Gasteiger partial charge in [0.05, 0.1) is 5.69 Å². The molecule has 2 aromatic rings. The highest BCUT2D eigenvalue weighted by Gasteiger charge is 2.05. The first-order valence-corrected chi connectivity index (χ1v) is 4.88. The molecule has 0 fully saturated rings. The van der Waals surface area contributed by atoms with Crippen molar-refractivity contribution in [2.75, 3.05) is 5.73 Å². The van der Waals surface area contributed by atoms with Crippen LogP contribution in [0, 0.1) is 6.92 Å². The van der Waals surface area contributed by atoms with Crippen molar-refractivity contribution in [3.63, 3.8) is 0 Å². The molecular weight excluding hydrogens is 244 g/mol. The summed E-state index contributed by atoms with van der Waals surface area (Å²) in [4.78, 5) is 3.89. The van der Waals surface area contributed by atoms with Gasteiger partial charge in [-0.25, -0.2) is 9.67 Å². The number of aryl methyl sites for hydroxylation is 1. The van der Waals surface area contributed by atoms with E-state index in [1.807, 2.05) is 19.1 Å². The maximum Gasteiger partial charge on any atom is 0.138 e. The van der Waals surface area contributed by atoms with Crippen molar-refractivity contribution in [1.82, 2.24) is 14.8 Å². The Bertz CT molecular complexity index is 450. The van der Waals surface area contributed by atoms with Gasteiger partial charge in [-0.1, -0.05) is 0 Å². The maximum absolute atomic E-state index is 5.77. The third-order valence-corrected chi connectivity index (χ3v) is 2.64. The highest BCUT2D eigenvalue weighted by atomic mass is 79.9. The van der Waals surface area contributed by atoms with Gasteiger partial charge in [0.2, 0.25) is 0 Å². The molecule has 0 saturated heterocycles. The van der Waals surface area contributed by atoms with E-state index >= 15 is 0 Å². The number of rotatable bonds is 1. The maximum atomic E-state index is 5.77. The molecule has 72 valence electrons. The molecule has 0 bridgehead atoms. The molecule has 4 nitrogen and oxygen atoms in total. The Morgan fingerprint density at radius 3 is 2.86 bits per heavy atom. The van der Waals surface area contributed by atoms with Gasteiger partial charge in [-0.3, -0.25) is 0 Å². The van der Waals surface area contributed by atoms with Gasteiger partial charge in [0.25, 0.3) is 0 Å². The first-order chi connectivity index (χ1) is 6.68. The molecule has 0 amide bonds. The van der Waals surface area contributed by atoms with Crippen LogP contribution in [0.5, 0.6) is 0 Å². The minimum atomic E-state index is 0.765. The van der Waals surface area contributed by atoms with Gasteiger partial charge < -0.3 is 5.73 Å². The molecule has 0 radical (unpaired) electrons. The lowest BCUT2D eigenvalue weighted by atomic mass is 10.2. The number of halogens is 1. The Labute approximate surface area is 89.9 Å². The van der Waals surface area contributed by atoms with Crippen molar-refractivity contribution >= 4 is 21.6 Å². The number of aromatic nitrogens is 3. The second-order valence-electron chi connectivity index (χ2n) is 3.00. The normalized spacial score (nSPS) is 10.4. The Morgan fingerprint density at radius 1 is 1.43 bits per heavy atom. The van der Waals surface area contributed by atoms with E-state index in [1.54, 1.807) is 11.0 Å². The van der Waals surface area contributed by atoms with Crippen molar-refractivity contribution in [3.05, 3.63) is 34.8 Å². The summed E-state index contributed by atoms with van der Waals surface area (Å²) in [5.41, 5.74) is 8.50. The number of benzene rings is 1. The average molecular weight is 253 g/mol. The van der Waals surface area contributed by atoms with Crippen molar-refractivity contribution < 1.29 is 0 Å². The molecule has 1 heterocycles. The summed E-state index contributed by atoms with van der Waals surface area (Å²) in [5, 5.41) is 4.05. The fourth-order valence-corrected chi connectivity index (χ4v) is 1.73. The first-order valence-electron chi connectivity index (χ1n) is 4.09. The van der Waals surface area contributed by atoms with Gasteiger partial charge in [-0.2, -0.15) is 5.10 Å². The minimum absolute atomic E-state index is 0.765. The van der Waals surface area contributed by atoms with E-state index in [9.17, 15) is 0 Å². The molecule has 0 saturated carbocycles. The third kappa shape index (κ3) is 1.50. The summed E-state index contributed by atoms with van der Waals surface area (Å²) in [7, 11) is 0. The Morgan fingerprint density at radius 2 is 2.21 bits per heavy atom. The van der Waals surface area contributed by atoms with Gasteiger partial charge in [0.15, 0.2) is 0 Å². The topological polar surface area (TPSA) is 56.7 Å². The van der Waals surface area contributed by atoms with E-state index in [0.29, 0.717) is 0 Å². The van der Waals surface area contributed by atoms with E-state index in [2.05, 4.69) is 26.0 Å². The number of hydrogen-bond donors (Lipinski definition) is 1. The molecule has 2 N–H and O–H groups in total. The van der Waals surface area contributed by atoms with Crippen molar-refractivity contribution in [2.45, 2.75) is 6.92 Å². The van der Waals surface area contributed by atoms with Gasteiger partial charge in [-0.05, 0) is 40.5 Å². The van der Waals surface area contributed by atoms with Crippen LogP contribution in [0.1, 0.15) is 5.56 Å². The summed E-state index contributed by atoms with van der Waals surface area (Å²) >= 11 is 3.43. The Hall–Kier alpha value is -1.36. The van der Waals surface area contributed by atoms with Crippen LogP contribution in [0.3, 0.4) is 0 Å². The molecule has 0 aliphatic rings. The van der Waals surface area contributed by atoms with E-state index in [1.165, 1.54) is 6.33 Å². The van der Waals surface area contributed by atoms with Crippen LogP contribution < -0.4 is 5.73 Å². The molecule has 1 aromatic carbocycles. The quantitative estimate of drug-likeness (QED) is 0.790. The Balaban J connectivity index is 2.60. The molecule has 0 unspecified atom stereocenters. The molecule has 2 rings (SSSR count). The van der Waals surface area contributed by atoms with E-state index in [0.717, 1.165) is 21.4 Å².